The number of hydrogen-bond donors (Lipinski definition) is 4. The highest BCUT2D eigenvalue weighted by atomic mass is 32.2. The van der Waals surface area contributed by atoms with E-state index >= 15 is 0 Å². The van der Waals surface area contributed by atoms with E-state index in [0.29, 0.717) is 17.1 Å². The van der Waals surface area contributed by atoms with E-state index in [-0.39, 0.29) is 21.4 Å². The van der Waals surface area contributed by atoms with Crippen LogP contribution in [-0.2, 0) is 30.1 Å². The molecule has 5 N–H and O–H groups in total. The summed E-state index contributed by atoms with van der Waals surface area (Å²) in [6, 6.07) is 16.7. The van der Waals surface area contributed by atoms with Crippen molar-refractivity contribution in [2.24, 2.45) is 20.5 Å². The van der Waals surface area contributed by atoms with Crippen molar-refractivity contribution in [3.05, 3.63) is 72.8 Å². The van der Waals surface area contributed by atoms with Crippen molar-refractivity contribution in [2.45, 2.75) is 9.79 Å². The number of benzene rings is 4. The van der Waals surface area contributed by atoms with Crippen molar-refractivity contribution >= 4 is 69.3 Å². The van der Waals surface area contributed by atoms with Crippen LogP contribution in [0.3, 0.4) is 0 Å². The topological polar surface area (TPSA) is 239 Å². The Hall–Kier alpha value is -4.29. The molecule has 0 atom stereocenters. The van der Waals surface area contributed by atoms with Gasteiger partial charge in [0.05, 0.1) is 33.5 Å². The number of phenolic OH excluding ortho intramolecular Hbond substituents is 1. The van der Waals surface area contributed by atoms with E-state index in [2.05, 4.69) is 20.5 Å². The number of hydrogen-bond acceptors (Lipinski definition) is 12. The highest BCUT2D eigenvalue weighted by Gasteiger charge is 2.22. The molecular formula is C24H21N5O9S3. The smallest absolute Gasteiger partial charge is 0.296 e. The maximum absolute atomic E-state index is 12.2. The second kappa shape index (κ2) is 11.3. The lowest BCUT2D eigenvalue weighted by Gasteiger charge is -2.09. The number of nitrogens with zero attached hydrogens (tertiary/aromatic N) is 4. The minimum atomic E-state index is -4.77. The quantitative estimate of drug-likeness (QED) is 0.113. The Kier molecular flexibility index (Phi) is 8.18. The summed E-state index contributed by atoms with van der Waals surface area (Å²) in [5, 5.41) is 27.0. The van der Waals surface area contributed by atoms with Crippen molar-refractivity contribution in [3.8, 4) is 5.75 Å². The monoisotopic (exact) mass is 619 g/mol. The second-order valence-electron chi connectivity index (χ2n) is 8.54. The van der Waals surface area contributed by atoms with E-state index in [1.165, 1.54) is 66.7 Å². The zero-order chi connectivity index (χ0) is 30.0. The summed E-state index contributed by atoms with van der Waals surface area (Å²) in [7, 11) is -13.1. The molecule has 0 heterocycles. The fourth-order valence-electron chi connectivity index (χ4n) is 3.53. The molecule has 0 saturated heterocycles. The molecule has 0 aliphatic heterocycles. The number of azo groups is 2. The van der Waals surface area contributed by atoms with Crippen molar-refractivity contribution in [1.29, 1.82) is 0 Å². The minimum absolute atomic E-state index is 0.145. The van der Waals surface area contributed by atoms with Crippen LogP contribution in [0.25, 0.3) is 10.8 Å². The highest BCUT2D eigenvalue weighted by Crippen LogP contribution is 2.41. The number of anilines is 1. The molecule has 0 unspecified atom stereocenters. The predicted molar refractivity (Wildman–Crippen MR) is 150 cm³/mol. The van der Waals surface area contributed by atoms with Crippen molar-refractivity contribution in [3.63, 3.8) is 0 Å². The first kappa shape index (κ1) is 29.7. The molecule has 0 saturated carbocycles. The number of nitrogen functional groups attached to an aromatic ring is 1. The Balaban J connectivity index is 1.52. The van der Waals surface area contributed by atoms with Gasteiger partial charge in [-0.1, -0.05) is 0 Å². The maximum Gasteiger partial charge on any atom is 0.296 e. The molecule has 17 heteroatoms. The molecule has 4 aromatic carbocycles. The number of fused-ring (bicyclic) bond motifs is 1. The molecule has 4 rings (SSSR count). The summed E-state index contributed by atoms with van der Waals surface area (Å²) in [5.74, 6) is -2.21. The molecule has 4 aromatic rings. The fourth-order valence-corrected chi connectivity index (χ4v) is 6.69. The number of rotatable bonds is 9. The summed E-state index contributed by atoms with van der Waals surface area (Å²) in [6.45, 7) is 0. The van der Waals surface area contributed by atoms with Gasteiger partial charge in [-0.25, -0.2) is 8.42 Å². The first-order valence-electron chi connectivity index (χ1n) is 11.4. The van der Waals surface area contributed by atoms with E-state index in [1.54, 1.807) is 0 Å². The van der Waals surface area contributed by atoms with Gasteiger partial charge in [-0.2, -0.15) is 32.2 Å². The molecule has 0 aromatic heterocycles. The molecule has 0 aliphatic rings. The molecule has 0 radical (unpaired) electrons. The largest absolute Gasteiger partial charge is 0.505 e. The van der Waals surface area contributed by atoms with Gasteiger partial charge in [0.15, 0.2) is 15.6 Å². The lowest BCUT2D eigenvalue weighted by molar-refractivity contribution is 0.472. The van der Waals surface area contributed by atoms with E-state index < -0.39 is 57.9 Å². The highest BCUT2D eigenvalue weighted by molar-refractivity contribution is 7.93. The Labute approximate surface area is 234 Å². The first-order valence-corrected chi connectivity index (χ1v) is 16.1. The Morgan fingerprint density at radius 2 is 1.17 bits per heavy atom. The SMILES string of the molecule is Nc1ccc2c(O)c(N=Nc3ccc(N=Nc4ccc(S(=O)(=O)CCS(=O)(=O)O)cc4)cc3)c(S(=O)(=O)O)cc2c1. The van der Waals surface area contributed by atoms with Gasteiger partial charge in [0.1, 0.15) is 10.6 Å². The van der Waals surface area contributed by atoms with E-state index in [9.17, 15) is 34.9 Å². The Bertz CT molecular complexity index is 2010. The van der Waals surface area contributed by atoms with Crippen molar-refractivity contribution in [1.82, 2.24) is 0 Å². The maximum atomic E-state index is 12.2. The molecule has 0 aliphatic carbocycles. The van der Waals surface area contributed by atoms with E-state index in [1.807, 2.05) is 0 Å². The number of phenols is 1. The normalized spacial score (nSPS) is 12.9. The molecule has 41 heavy (non-hydrogen) atoms. The minimum Gasteiger partial charge on any atom is -0.505 e. The Morgan fingerprint density at radius 1 is 0.659 bits per heavy atom. The molecule has 0 spiro atoms. The summed E-state index contributed by atoms with van der Waals surface area (Å²) >= 11 is 0. The van der Waals surface area contributed by atoms with Crippen molar-refractivity contribution < 1.29 is 39.5 Å². The van der Waals surface area contributed by atoms with Gasteiger partial charge in [-0.3, -0.25) is 9.11 Å². The molecular weight excluding hydrogens is 598 g/mol. The zero-order valence-corrected chi connectivity index (χ0v) is 23.2. The third-order valence-electron chi connectivity index (χ3n) is 5.55. The van der Waals surface area contributed by atoms with Crippen LogP contribution in [0.5, 0.6) is 5.75 Å². The molecule has 0 bridgehead atoms. The fraction of sp³-hybridized carbons (Fsp3) is 0.0833. The van der Waals surface area contributed by atoms with Gasteiger partial charge in [-0.05, 0) is 78.2 Å². The van der Waals surface area contributed by atoms with E-state index in [4.69, 9.17) is 10.3 Å². The standard InChI is InChI=1S/C24H21N5O9S3/c25-16-1-10-21-15(13-16)14-22(41(36,37)38)23(24(21)30)29-28-18-4-2-17(3-5-18)26-27-19-6-8-20(9-7-19)39(31,32)11-12-40(33,34)35/h1-10,13-14,30H,11-12,25H2,(H,33,34,35)(H,36,37,38). The van der Waals surface area contributed by atoms with Gasteiger partial charge in [-0.15, -0.1) is 5.11 Å². The average molecular weight is 620 g/mol. The second-order valence-corrected chi connectivity index (χ2v) is 13.6. The van der Waals surface area contributed by atoms with Crippen LogP contribution in [0.1, 0.15) is 0 Å². The van der Waals surface area contributed by atoms with Crippen molar-refractivity contribution in [2.75, 3.05) is 17.2 Å². The van der Waals surface area contributed by atoms with E-state index in [0.717, 1.165) is 6.07 Å². The summed E-state index contributed by atoms with van der Waals surface area (Å²) < 4.78 is 88.4. The van der Waals surface area contributed by atoms with Crippen LogP contribution in [0.4, 0.5) is 28.4 Å². The molecule has 0 amide bonds. The summed E-state index contributed by atoms with van der Waals surface area (Å²) in [4.78, 5) is -0.798. The van der Waals surface area contributed by atoms with Gasteiger partial charge in [0.2, 0.25) is 0 Å². The number of nitrogens with two attached hydrogens (primary N) is 1. The first-order chi connectivity index (χ1) is 19.1. The lowest BCUT2D eigenvalue weighted by atomic mass is 10.1. The zero-order valence-electron chi connectivity index (χ0n) is 20.7. The van der Waals surface area contributed by atoms with Crippen LogP contribution < -0.4 is 5.73 Å². The van der Waals surface area contributed by atoms with Gasteiger partial charge in [0, 0.05) is 11.1 Å². The van der Waals surface area contributed by atoms with Gasteiger partial charge >= 0.3 is 0 Å². The third kappa shape index (κ3) is 7.47. The Morgan fingerprint density at radius 3 is 1.68 bits per heavy atom. The van der Waals surface area contributed by atoms with Crippen LogP contribution in [-0.4, -0.2) is 51.0 Å². The third-order valence-corrected chi connectivity index (χ3v) is 9.13. The molecule has 14 nitrogen and oxygen atoms in total. The molecule has 0 fully saturated rings. The average Bonchev–Trinajstić information content (AvgIpc) is 2.90. The molecule has 214 valence electrons. The predicted octanol–water partition coefficient (Wildman–Crippen LogP) is 4.87. The van der Waals surface area contributed by atoms with Gasteiger partial charge < -0.3 is 10.8 Å². The summed E-state index contributed by atoms with van der Waals surface area (Å²) in [5.41, 5.74) is 6.51. The van der Waals surface area contributed by atoms with Gasteiger partial charge in [0.25, 0.3) is 20.2 Å². The lowest BCUT2D eigenvalue weighted by Crippen LogP contribution is -2.16. The summed E-state index contributed by atoms with van der Waals surface area (Å²) in [6.07, 6.45) is 0. The van der Waals surface area contributed by atoms with Crippen LogP contribution in [0, 0.1) is 0 Å². The number of aromatic hydroxyl groups is 1. The van der Waals surface area contributed by atoms with Crippen LogP contribution in [0.15, 0.2) is 103 Å². The van der Waals surface area contributed by atoms with Crippen LogP contribution >= 0.6 is 0 Å². The number of sulfone groups is 1. The van der Waals surface area contributed by atoms with Crippen LogP contribution in [0.2, 0.25) is 0 Å².